The molecule has 3 rings (SSSR count). The Hall–Kier alpha value is -2.07. The lowest BCUT2D eigenvalue weighted by Gasteiger charge is -2.21. The molecule has 1 aliphatic heterocycles. The number of rotatable bonds is 9. The molecular formula is C24H35IN4O3. The van der Waals surface area contributed by atoms with Crippen LogP contribution in [0.25, 0.3) is 0 Å². The molecule has 1 aromatic carbocycles. The minimum absolute atomic E-state index is 0. The minimum Gasteiger partial charge on any atom is -0.469 e. The normalized spacial score (nSPS) is 16.2. The fourth-order valence-corrected chi connectivity index (χ4v) is 3.52. The fourth-order valence-electron chi connectivity index (χ4n) is 3.52. The molecule has 1 amide bonds. The zero-order valence-electron chi connectivity index (χ0n) is 19.0. The van der Waals surface area contributed by atoms with Crippen LogP contribution < -0.4 is 10.6 Å². The predicted octanol–water partition coefficient (Wildman–Crippen LogP) is 3.49. The smallest absolute Gasteiger partial charge is 0.253 e. The molecular weight excluding hydrogens is 519 g/mol. The molecule has 0 radical (unpaired) electrons. The second-order valence-electron chi connectivity index (χ2n) is 8.01. The van der Waals surface area contributed by atoms with Gasteiger partial charge in [-0.2, -0.15) is 0 Å². The third kappa shape index (κ3) is 8.82. The molecule has 7 nitrogen and oxygen atoms in total. The molecule has 1 saturated heterocycles. The van der Waals surface area contributed by atoms with Crippen LogP contribution in [0.5, 0.6) is 0 Å². The number of furan rings is 1. The van der Waals surface area contributed by atoms with Crippen LogP contribution in [-0.2, 0) is 17.6 Å². The van der Waals surface area contributed by atoms with Crippen molar-refractivity contribution in [3.63, 3.8) is 0 Å². The van der Waals surface area contributed by atoms with Gasteiger partial charge in [0.15, 0.2) is 5.96 Å². The quantitative estimate of drug-likeness (QED) is 0.282. The molecule has 1 aliphatic rings. The summed E-state index contributed by atoms with van der Waals surface area (Å²) in [5.41, 5.74) is 1.83. The molecule has 32 heavy (non-hydrogen) atoms. The largest absolute Gasteiger partial charge is 0.469 e. The Morgan fingerprint density at radius 3 is 2.62 bits per heavy atom. The third-order valence-electron chi connectivity index (χ3n) is 5.26. The lowest BCUT2D eigenvalue weighted by atomic mass is 10.1. The number of benzene rings is 1. The lowest BCUT2D eigenvalue weighted by Crippen LogP contribution is -2.40. The topological polar surface area (TPSA) is 79.1 Å². The Morgan fingerprint density at radius 2 is 1.94 bits per heavy atom. The Morgan fingerprint density at radius 1 is 1.12 bits per heavy atom. The molecule has 1 atom stereocenters. The molecule has 0 spiro atoms. The van der Waals surface area contributed by atoms with E-state index in [9.17, 15) is 4.79 Å². The van der Waals surface area contributed by atoms with Gasteiger partial charge in [-0.25, -0.2) is 0 Å². The maximum atomic E-state index is 12.2. The van der Waals surface area contributed by atoms with Gasteiger partial charge in [0.05, 0.1) is 18.9 Å². The van der Waals surface area contributed by atoms with E-state index in [1.807, 2.05) is 36.4 Å². The Labute approximate surface area is 208 Å². The number of aliphatic imine (C=N–C) groups is 1. The number of halogens is 1. The van der Waals surface area contributed by atoms with Gasteiger partial charge in [-0.3, -0.25) is 9.79 Å². The first kappa shape index (κ1) is 26.2. The lowest BCUT2D eigenvalue weighted by molar-refractivity contribution is 0.0224. The highest BCUT2D eigenvalue weighted by atomic mass is 127. The standard InChI is InChI=1S/C24H34N4O3.HI/c1-28(2)23(29)20-8-5-7-19(17-20)11-13-25-24(26-14-12-21-10-6-16-30-21)27-18-22-9-3-4-15-31-22;/h5-8,10,16-17,22H,3-4,9,11-15,18H2,1-2H3,(H2,25,26,27);1H. The Balaban J connectivity index is 0.00000363. The van der Waals surface area contributed by atoms with Gasteiger partial charge in [-0.1, -0.05) is 12.1 Å². The number of carbonyl (C=O) groups is 1. The summed E-state index contributed by atoms with van der Waals surface area (Å²) < 4.78 is 11.2. The van der Waals surface area contributed by atoms with E-state index in [4.69, 9.17) is 14.1 Å². The van der Waals surface area contributed by atoms with Gasteiger partial charge in [0.25, 0.3) is 5.91 Å². The van der Waals surface area contributed by atoms with Crippen molar-refractivity contribution in [2.75, 3.05) is 40.3 Å². The van der Waals surface area contributed by atoms with Crippen LogP contribution in [0, 0.1) is 0 Å². The van der Waals surface area contributed by atoms with E-state index in [0.717, 1.165) is 62.7 Å². The number of nitrogens with one attached hydrogen (secondary N) is 2. The fraction of sp³-hybridized carbons (Fsp3) is 0.500. The average Bonchev–Trinajstić information content (AvgIpc) is 3.31. The number of hydrogen-bond acceptors (Lipinski definition) is 4. The molecule has 2 heterocycles. The zero-order valence-corrected chi connectivity index (χ0v) is 21.3. The second kappa shape index (κ2) is 14.2. The van der Waals surface area contributed by atoms with Crippen molar-refractivity contribution in [1.29, 1.82) is 0 Å². The SMILES string of the molecule is CN(C)C(=O)c1cccc(CCNC(=NCC2CCCCO2)NCCc2ccco2)c1.I. The van der Waals surface area contributed by atoms with Gasteiger partial charge in [-0.05, 0) is 55.5 Å². The molecule has 2 aromatic rings. The van der Waals surface area contributed by atoms with Gasteiger partial charge in [0.1, 0.15) is 5.76 Å². The van der Waals surface area contributed by atoms with Crippen LogP contribution in [0.4, 0.5) is 0 Å². The maximum Gasteiger partial charge on any atom is 0.253 e. The first-order chi connectivity index (χ1) is 15.1. The van der Waals surface area contributed by atoms with E-state index in [1.165, 1.54) is 6.42 Å². The maximum absolute atomic E-state index is 12.2. The van der Waals surface area contributed by atoms with Crippen LogP contribution in [0.15, 0.2) is 52.1 Å². The first-order valence-electron chi connectivity index (χ1n) is 11.1. The van der Waals surface area contributed by atoms with Gasteiger partial charge in [0.2, 0.25) is 0 Å². The van der Waals surface area contributed by atoms with Crippen LogP contribution in [0.2, 0.25) is 0 Å². The molecule has 1 fully saturated rings. The number of ether oxygens (including phenoxy) is 1. The predicted molar refractivity (Wildman–Crippen MR) is 138 cm³/mol. The summed E-state index contributed by atoms with van der Waals surface area (Å²) in [4.78, 5) is 18.5. The highest BCUT2D eigenvalue weighted by Gasteiger charge is 2.13. The minimum atomic E-state index is 0. The van der Waals surface area contributed by atoms with E-state index in [2.05, 4.69) is 10.6 Å². The highest BCUT2D eigenvalue weighted by Crippen LogP contribution is 2.12. The van der Waals surface area contributed by atoms with Crippen LogP contribution in [-0.4, -0.2) is 63.2 Å². The van der Waals surface area contributed by atoms with Crippen molar-refractivity contribution in [3.05, 3.63) is 59.5 Å². The van der Waals surface area contributed by atoms with Crippen molar-refractivity contribution in [2.45, 2.75) is 38.2 Å². The number of guanidine groups is 1. The number of amides is 1. The van der Waals surface area contributed by atoms with Gasteiger partial charge in [0, 0.05) is 45.8 Å². The highest BCUT2D eigenvalue weighted by molar-refractivity contribution is 14.0. The van der Waals surface area contributed by atoms with Gasteiger partial charge >= 0.3 is 0 Å². The van der Waals surface area contributed by atoms with E-state index in [0.29, 0.717) is 12.1 Å². The van der Waals surface area contributed by atoms with E-state index < -0.39 is 0 Å². The van der Waals surface area contributed by atoms with Crippen molar-refractivity contribution < 1.29 is 13.9 Å². The monoisotopic (exact) mass is 554 g/mol. The molecule has 1 aromatic heterocycles. The average molecular weight is 554 g/mol. The Kier molecular flexibility index (Phi) is 11.6. The molecule has 0 aliphatic carbocycles. The summed E-state index contributed by atoms with van der Waals surface area (Å²) in [5.74, 6) is 1.75. The number of carbonyl (C=O) groups excluding carboxylic acids is 1. The van der Waals surface area contributed by atoms with E-state index >= 15 is 0 Å². The van der Waals surface area contributed by atoms with Crippen LogP contribution in [0.1, 0.15) is 40.9 Å². The molecule has 1 unspecified atom stereocenters. The van der Waals surface area contributed by atoms with Crippen molar-refractivity contribution in [3.8, 4) is 0 Å². The van der Waals surface area contributed by atoms with Crippen molar-refractivity contribution in [1.82, 2.24) is 15.5 Å². The molecule has 0 bridgehead atoms. The van der Waals surface area contributed by atoms with Crippen LogP contribution in [0.3, 0.4) is 0 Å². The number of nitrogens with zero attached hydrogens (tertiary/aromatic N) is 2. The molecule has 176 valence electrons. The summed E-state index contributed by atoms with van der Waals surface area (Å²) in [6.07, 6.45) is 6.90. The van der Waals surface area contributed by atoms with Gasteiger partial charge in [-0.15, -0.1) is 24.0 Å². The summed E-state index contributed by atoms with van der Waals surface area (Å²) in [6, 6.07) is 11.7. The molecule has 2 N–H and O–H groups in total. The molecule has 8 heteroatoms. The third-order valence-corrected chi connectivity index (χ3v) is 5.26. The summed E-state index contributed by atoms with van der Waals surface area (Å²) in [6.45, 7) is 2.94. The Bertz CT molecular complexity index is 834. The van der Waals surface area contributed by atoms with Gasteiger partial charge < -0.3 is 24.7 Å². The summed E-state index contributed by atoms with van der Waals surface area (Å²) in [7, 11) is 3.54. The van der Waals surface area contributed by atoms with E-state index in [-0.39, 0.29) is 36.0 Å². The first-order valence-corrected chi connectivity index (χ1v) is 11.1. The second-order valence-corrected chi connectivity index (χ2v) is 8.01. The van der Waals surface area contributed by atoms with Crippen molar-refractivity contribution in [2.24, 2.45) is 4.99 Å². The van der Waals surface area contributed by atoms with Crippen molar-refractivity contribution >= 4 is 35.8 Å². The molecule has 0 saturated carbocycles. The van der Waals surface area contributed by atoms with E-state index in [1.54, 1.807) is 25.3 Å². The summed E-state index contributed by atoms with van der Waals surface area (Å²) >= 11 is 0. The zero-order chi connectivity index (χ0) is 21.9. The number of hydrogen-bond donors (Lipinski definition) is 2. The summed E-state index contributed by atoms with van der Waals surface area (Å²) in [5, 5.41) is 6.81. The van der Waals surface area contributed by atoms with Crippen LogP contribution >= 0.6 is 24.0 Å².